The topological polar surface area (TPSA) is 46.6 Å². The second-order valence-electron chi connectivity index (χ2n) is 6.48. The molecule has 1 amide bonds. The third-order valence-corrected chi connectivity index (χ3v) is 5.08. The molecule has 138 valence electrons. The fraction of sp³-hybridized carbons (Fsp3) is 0.579. The minimum absolute atomic E-state index is 0.0219. The van der Waals surface area contributed by atoms with Gasteiger partial charge in [-0.15, -0.1) is 0 Å². The average molecular weight is 370 g/mol. The molecule has 4 nitrogen and oxygen atoms in total. The largest absolute Gasteiger partial charge is 0.466 e. The van der Waals surface area contributed by atoms with Crippen molar-refractivity contribution >= 4 is 23.5 Å². The normalized spacial score (nSPS) is 20.2. The van der Waals surface area contributed by atoms with E-state index in [4.69, 9.17) is 16.3 Å². The number of carbonyl (C=O) groups is 2. The minimum atomic E-state index is -0.637. The maximum Gasteiger partial charge on any atom is 0.307 e. The number of carbonyl (C=O) groups excluding carboxylic acids is 2. The smallest absolute Gasteiger partial charge is 0.307 e. The van der Waals surface area contributed by atoms with Gasteiger partial charge in [-0.05, 0) is 37.8 Å². The molecule has 1 aromatic carbocycles. The molecular weight excluding hydrogens is 345 g/mol. The molecule has 25 heavy (non-hydrogen) atoms. The Hall–Kier alpha value is -1.62. The van der Waals surface area contributed by atoms with Crippen LogP contribution in [0.5, 0.6) is 0 Å². The van der Waals surface area contributed by atoms with Crippen molar-refractivity contribution in [1.82, 2.24) is 4.90 Å². The van der Waals surface area contributed by atoms with E-state index in [1.54, 1.807) is 11.8 Å². The van der Waals surface area contributed by atoms with Crippen molar-refractivity contribution in [3.63, 3.8) is 0 Å². The summed E-state index contributed by atoms with van der Waals surface area (Å²) in [6.07, 6.45) is 4.09. The molecule has 2 unspecified atom stereocenters. The van der Waals surface area contributed by atoms with Crippen LogP contribution in [-0.2, 0) is 9.53 Å². The number of rotatable bonds is 6. The predicted molar refractivity (Wildman–Crippen MR) is 95.1 cm³/mol. The Morgan fingerprint density at radius 2 is 2.04 bits per heavy atom. The Bertz CT molecular complexity index is 602. The third kappa shape index (κ3) is 4.94. The van der Waals surface area contributed by atoms with E-state index < -0.39 is 11.7 Å². The van der Waals surface area contributed by atoms with Crippen LogP contribution in [0.4, 0.5) is 4.39 Å². The summed E-state index contributed by atoms with van der Waals surface area (Å²) in [6.45, 7) is 4.34. The fourth-order valence-corrected chi connectivity index (χ4v) is 3.71. The van der Waals surface area contributed by atoms with Crippen molar-refractivity contribution in [3.8, 4) is 0 Å². The zero-order valence-electron chi connectivity index (χ0n) is 14.8. The van der Waals surface area contributed by atoms with Gasteiger partial charge in [0.15, 0.2) is 0 Å². The molecule has 0 bridgehead atoms. The molecule has 6 heteroatoms. The Morgan fingerprint density at radius 1 is 1.32 bits per heavy atom. The number of benzene rings is 1. The number of halogens is 2. The van der Waals surface area contributed by atoms with Gasteiger partial charge < -0.3 is 9.64 Å². The van der Waals surface area contributed by atoms with Crippen LogP contribution in [0.1, 0.15) is 56.3 Å². The van der Waals surface area contributed by atoms with Gasteiger partial charge in [-0.3, -0.25) is 9.59 Å². The van der Waals surface area contributed by atoms with Gasteiger partial charge in [0, 0.05) is 12.6 Å². The summed E-state index contributed by atoms with van der Waals surface area (Å²) in [5.41, 5.74) is -0.120. The van der Waals surface area contributed by atoms with Crippen LogP contribution in [0.15, 0.2) is 18.2 Å². The van der Waals surface area contributed by atoms with Gasteiger partial charge >= 0.3 is 5.97 Å². The standard InChI is InChI=1S/C19H25ClFNO3/c1-3-25-17(23)11-12-22(16-10-5-4-7-13(16)2)19(24)18-14(20)8-6-9-15(18)21/h6,8-9,13,16H,3-5,7,10-12H2,1-2H3. The van der Waals surface area contributed by atoms with E-state index in [9.17, 15) is 14.0 Å². The molecule has 0 aromatic heterocycles. The summed E-state index contributed by atoms with van der Waals surface area (Å²) in [4.78, 5) is 26.4. The first kappa shape index (κ1) is 19.7. The molecule has 1 aliphatic rings. The van der Waals surface area contributed by atoms with Gasteiger partial charge in [0.25, 0.3) is 5.91 Å². The number of hydrogen-bond donors (Lipinski definition) is 0. The predicted octanol–water partition coefficient (Wildman–Crippen LogP) is 4.45. The van der Waals surface area contributed by atoms with Gasteiger partial charge in [0.1, 0.15) is 5.82 Å². The highest BCUT2D eigenvalue weighted by molar-refractivity contribution is 6.33. The maximum atomic E-state index is 14.2. The molecule has 1 saturated carbocycles. The lowest BCUT2D eigenvalue weighted by molar-refractivity contribution is -0.143. The van der Waals surface area contributed by atoms with Crippen molar-refractivity contribution in [2.45, 2.75) is 52.0 Å². The van der Waals surface area contributed by atoms with Crippen LogP contribution in [0, 0.1) is 11.7 Å². The summed E-state index contributed by atoms with van der Waals surface area (Å²) in [7, 11) is 0. The fourth-order valence-electron chi connectivity index (χ4n) is 3.47. The molecule has 0 spiro atoms. The van der Waals surface area contributed by atoms with Gasteiger partial charge in [0.2, 0.25) is 0 Å². The Kier molecular flexibility index (Phi) is 7.24. The van der Waals surface area contributed by atoms with Crippen molar-refractivity contribution in [2.75, 3.05) is 13.2 Å². The summed E-state index contributed by atoms with van der Waals surface area (Å²) in [6, 6.07) is 4.19. The first-order valence-corrected chi connectivity index (χ1v) is 9.24. The van der Waals surface area contributed by atoms with E-state index in [2.05, 4.69) is 6.92 Å². The molecule has 0 saturated heterocycles. The van der Waals surface area contributed by atoms with Crippen LogP contribution in [0.3, 0.4) is 0 Å². The van der Waals surface area contributed by atoms with Crippen molar-refractivity contribution in [2.24, 2.45) is 5.92 Å². The summed E-state index contributed by atoms with van der Waals surface area (Å²) in [5.74, 6) is -1.15. The molecule has 2 atom stereocenters. The molecule has 1 aliphatic carbocycles. The quantitative estimate of drug-likeness (QED) is 0.696. The first-order valence-electron chi connectivity index (χ1n) is 8.86. The van der Waals surface area contributed by atoms with Crippen LogP contribution >= 0.6 is 11.6 Å². The first-order chi connectivity index (χ1) is 12.0. The Morgan fingerprint density at radius 3 is 2.68 bits per heavy atom. The van der Waals surface area contributed by atoms with Crippen LogP contribution in [0.2, 0.25) is 5.02 Å². The van der Waals surface area contributed by atoms with E-state index in [0.717, 1.165) is 25.7 Å². The molecule has 1 aromatic rings. The summed E-state index contributed by atoms with van der Waals surface area (Å²) < 4.78 is 19.2. The zero-order valence-corrected chi connectivity index (χ0v) is 15.5. The third-order valence-electron chi connectivity index (χ3n) is 4.77. The van der Waals surface area contributed by atoms with Crippen molar-refractivity contribution in [3.05, 3.63) is 34.6 Å². The number of nitrogens with zero attached hydrogens (tertiary/aromatic N) is 1. The average Bonchev–Trinajstić information content (AvgIpc) is 2.56. The molecule has 1 fully saturated rings. The second kappa shape index (κ2) is 9.18. The van der Waals surface area contributed by atoms with E-state index in [-0.39, 0.29) is 35.6 Å². The van der Waals surface area contributed by atoms with E-state index in [1.165, 1.54) is 18.2 Å². The van der Waals surface area contributed by atoms with E-state index in [1.807, 2.05) is 0 Å². The van der Waals surface area contributed by atoms with Gasteiger partial charge in [0.05, 0.1) is 23.6 Å². The Balaban J connectivity index is 2.26. The number of ether oxygens (including phenoxy) is 1. The lowest BCUT2D eigenvalue weighted by Gasteiger charge is -2.38. The van der Waals surface area contributed by atoms with Crippen LogP contribution in [-0.4, -0.2) is 36.0 Å². The summed E-state index contributed by atoms with van der Waals surface area (Å²) >= 11 is 6.08. The van der Waals surface area contributed by atoms with Gasteiger partial charge in [-0.1, -0.05) is 37.4 Å². The summed E-state index contributed by atoms with van der Waals surface area (Å²) in [5, 5.41) is 0.0922. The van der Waals surface area contributed by atoms with Gasteiger partial charge in [-0.2, -0.15) is 0 Å². The molecule has 0 heterocycles. The molecule has 0 N–H and O–H groups in total. The lowest BCUT2D eigenvalue weighted by Crippen LogP contribution is -2.46. The van der Waals surface area contributed by atoms with E-state index >= 15 is 0 Å². The van der Waals surface area contributed by atoms with Gasteiger partial charge in [-0.25, -0.2) is 4.39 Å². The van der Waals surface area contributed by atoms with Crippen molar-refractivity contribution < 1.29 is 18.7 Å². The maximum absolute atomic E-state index is 14.2. The lowest BCUT2D eigenvalue weighted by atomic mass is 9.84. The number of esters is 1. The molecule has 0 radical (unpaired) electrons. The van der Waals surface area contributed by atoms with Crippen molar-refractivity contribution in [1.29, 1.82) is 0 Å². The molecule has 0 aliphatic heterocycles. The minimum Gasteiger partial charge on any atom is -0.466 e. The van der Waals surface area contributed by atoms with Crippen LogP contribution in [0.25, 0.3) is 0 Å². The molecule has 2 rings (SSSR count). The highest BCUT2D eigenvalue weighted by Crippen LogP contribution is 2.31. The highest BCUT2D eigenvalue weighted by atomic mass is 35.5. The van der Waals surface area contributed by atoms with E-state index in [0.29, 0.717) is 12.5 Å². The number of amides is 1. The zero-order chi connectivity index (χ0) is 18.4. The number of hydrogen-bond acceptors (Lipinski definition) is 3. The second-order valence-corrected chi connectivity index (χ2v) is 6.89. The Labute approximate surface area is 153 Å². The SMILES string of the molecule is CCOC(=O)CCN(C(=O)c1c(F)cccc1Cl)C1CCCCC1C. The highest BCUT2D eigenvalue weighted by Gasteiger charge is 2.33. The molecular formula is C19H25ClFNO3. The van der Waals surface area contributed by atoms with Crippen LogP contribution < -0.4 is 0 Å². The monoisotopic (exact) mass is 369 g/mol.